The van der Waals surface area contributed by atoms with Gasteiger partial charge in [0.05, 0.1) is 17.9 Å². The molecule has 8 heteroatoms. The topological polar surface area (TPSA) is 64.3 Å². The lowest BCUT2D eigenvalue weighted by Crippen LogP contribution is -2.27. The minimum absolute atomic E-state index is 0. The van der Waals surface area contributed by atoms with Gasteiger partial charge in [-0.2, -0.15) is 13.2 Å². The number of alkyl halides is 3. The molecule has 1 amide bonds. The molecule has 3 N–H and O–H groups in total. The van der Waals surface area contributed by atoms with Crippen molar-refractivity contribution < 1.29 is 22.7 Å². The standard InChI is InChI=1S/C14H19F3N2O2.ClH/c1-3-6-21-12-5-4-10(14(15,16)17)7-11(12)19-13(20)9(2)8-18;/h4-5,7,9H,3,6,8,18H2,1-2H3,(H,19,20);1H. The van der Waals surface area contributed by atoms with E-state index in [1.165, 1.54) is 6.07 Å². The van der Waals surface area contributed by atoms with Crippen LogP contribution in [0.4, 0.5) is 18.9 Å². The highest BCUT2D eigenvalue weighted by Crippen LogP contribution is 2.35. The number of benzene rings is 1. The highest BCUT2D eigenvalue weighted by Gasteiger charge is 2.31. The largest absolute Gasteiger partial charge is 0.491 e. The third-order valence-corrected chi connectivity index (χ3v) is 2.83. The number of nitrogens with two attached hydrogens (primary N) is 1. The summed E-state index contributed by atoms with van der Waals surface area (Å²) in [5.74, 6) is -0.737. The molecule has 0 aromatic heterocycles. The van der Waals surface area contributed by atoms with Crippen LogP contribution in [0.1, 0.15) is 25.8 Å². The van der Waals surface area contributed by atoms with Gasteiger partial charge in [-0.25, -0.2) is 0 Å². The van der Waals surface area contributed by atoms with Gasteiger partial charge in [0.1, 0.15) is 5.75 Å². The third-order valence-electron chi connectivity index (χ3n) is 2.83. The number of carbonyl (C=O) groups excluding carboxylic acids is 1. The molecule has 0 bridgehead atoms. The van der Waals surface area contributed by atoms with Gasteiger partial charge in [0.15, 0.2) is 0 Å². The zero-order chi connectivity index (χ0) is 16.0. The zero-order valence-corrected chi connectivity index (χ0v) is 13.2. The second kappa shape index (κ2) is 8.85. The van der Waals surface area contributed by atoms with Crippen LogP contribution in [0.25, 0.3) is 0 Å². The van der Waals surface area contributed by atoms with Crippen LogP contribution in [0.15, 0.2) is 18.2 Å². The molecule has 0 aliphatic carbocycles. The molecule has 1 aromatic carbocycles. The van der Waals surface area contributed by atoms with E-state index in [0.717, 1.165) is 12.1 Å². The number of nitrogens with one attached hydrogen (secondary N) is 1. The number of amides is 1. The normalized spacial score (nSPS) is 12.3. The van der Waals surface area contributed by atoms with Crippen molar-refractivity contribution in [3.05, 3.63) is 23.8 Å². The van der Waals surface area contributed by atoms with Crippen molar-refractivity contribution in [2.75, 3.05) is 18.5 Å². The summed E-state index contributed by atoms with van der Waals surface area (Å²) in [7, 11) is 0. The zero-order valence-electron chi connectivity index (χ0n) is 12.4. The Bertz CT molecular complexity index is 495. The van der Waals surface area contributed by atoms with E-state index in [0.29, 0.717) is 13.0 Å². The molecule has 1 aromatic rings. The van der Waals surface area contributed by atoms with E-state index in [2.05, 4.69) is 5.32 Å². The molecule has 0 aliphatic rings. The molecule has 22 heavy (non-hydrogen) atoms. The summed E-state index contributed by atoms with van der Waals surface area (Å²) in [5, 5.41) is 2.44. The van der Waals surface area contributed by atoms with Gasteiger partial charge >= 0.3 is 6.18 Å². The minimum atomic E-state index is -4.48. The molecule has 0 saturated heterocycles. The molecular formula is C14H20ClF3N2O2. The van der Waals surface area contributed by atoms with Crippen molar-refractivity contribution in [3.63, 3.8) is 0 Å². The van der Waals surface area contributed by atoms with Crippen molar-refractivity contribution in [2.45, 2.75) is 26.4 Å². The lowest BCUT2D eigenvalue weighted by atomic mass is 10.1. The Labute approximate surface area is 133 Å². The molecule has 0 aliphatic heterocycles. The smallest absolute Gasteiger partial charge is 0.416 e. The SMILES string of the molecule is CCCOc1ccc(C(F)(F)F)cc1NC(=O)C(C)CN.Cl. The van der Waals surface area contributed by atoms with Gasteiger partial charge in [0, 0.05) is 12.5 Å². The molecule has 0 heterocycles. The van der Waals surface area contributed by atoms with E-state index < -0.39 is 23.6 Å². The summed E-state index contributed by atoms with van der Waals surface area (Å²) in [6.07, 6.45) is -3.78. The maximum absolute atomic E-state index is 12.7. The van der Waals surface area contributed by atoms with Crippen LogP contribution >= 0.6 is 12.4 Å². The first kappa shape index (κ1) is 20.5. The van der Waals surface area contributed by atoms with Gasteiger partial charge in [-0.15, -0.1) is 12.4 Å². The van der Waals surface area contributed by atoms with Crippen molar-refractivity contribution in [1.29, 1.82) is 0 Å². The van der Waals surface area contributed by atoms with Crippen LogP contribution < -0.4 is 15.8 Å². The second-order valence-corrected chi connectivity index (χ2v) is 4.68. The summed E-state index contributed by atoms with van der Waals surface area (Å²) < 4.78 is 43.6. The number of ether oxygens (including phenoxy) is 1. The summed E-state index contributed by atoms with van der Waals surface area (Å²) in [6.45, 7) is 3.92. The van der Waals surface area contributed by atoms with E-state index >= 15 is 0 Å². The maximum atomic E-state index is 12.7. The fraction of sp³-hybridized carbons (Fsp3) is 0.500. The second-order valence-electron chi connectivity index (χ2n) is 4.68. The van der Waals surface area contributed by atoms with Crippen molar-refractivity contribution in [1.82, 2.24) is 0 Å². The average molecular weight is 341 g/mol. The molecular weight excluding hydrogens is 321 g/mol. The van der Waals surface area contributed by atoms with Crippen LogP contribution in [0.3, 0.4) is 0 Å². The van der Waals surface area contributed by atoms with Crippen LogP contribution in [0.2, 0.25) is 0 Å². The number of hydrogen-bond acceptors (Lipinski definition) is 3. The van der Waals surface area contributed by atoms with Crippen LogP contribution in [0.5, 0.6) is 5.75 Å². The first-order valence-corrected chi connectivity index (χ1v) is 6.64. The number of carbonyl (C=O) groups is 1. The summed E-state index contributed by atoms with van der Waals surface area (Å²) in [5.41, 5.74) is 4.53. The van der Waals surface area contributed by atoms with Gasteiger partial charge in [0.25, 0.3) is 0 Å². The maximum Gasteiger partial charge on any atom is 0.416 e. The molecule has 1 unspecified atom stereocenters. The third kappa shape index (κ3) is 5.73. The quantitative estimate of drug-likeness (QED) is 0.833. The molecule has 1 atom stereocenters. The van der Waals surface area contributed by atoms with E-state index in [1.807, 2.05) is 6.92 Å². The summed E-state index contributed by atoms with van der Waals surface area (Å²) in [6, 6.07) is 3.00. The predicted molar refractivity (Wildman–Crippen MR) is 81.3 cm³/mol. The molecule has 126 valence electrons. The Kier molecular flexibility index (Phi) is 8.26. The average Bonchev–Trinajstić information content (AvgIpc) is 2.43. The first-order chi connectivity index (χ1) is 9.79. The minimum Gasteiger partial charge on any atom is -0.491 e. The molecule has 0 spiro atoms. The summed E-state index contributed by atoms with van der Waals surface area (Å²) in [4.78, 5) is 11.8. The fourth-order valence-corrected chi connectivity index (χ4v) is 1.50. The van der Waals surface area contributed by atoms with E-state index in [1.54, 1.807) is 6.92 Å². The van der Waals surface area contributed by atoms with E-state index in [9.17, 15) is 18.0 Å². The molecule has 0 saturated carbocycles. The predicted octanol–water partition coefficient (Wildman–Crippen LogP) is 3.45. The van der Waals surface area contributed by atoms with Gasteiger partial charge in [-0.3, -0.25) is 4.79 Å². The highest BCUT2D eigenvalue weighted by molar-refractivity contribution is 5.94. The number of anilines is 1. The molecule has 4 nitrogen and oxygen atoms in total. The van der Waals surface area contributed by atoms with Crippen LogP contribution in [-0.2, 0) is 11.0 Å². The Morgan fingerprint density at radius 2 is 2.05 bits per heavy atom. The Morgan fingerprint density at radius 3 is 2.55 bits per heavy atom. The van der Waals surface area contributed by atoms with Crippen LogP contribution in [-0.4, -0.2) is 19.1 Å². The molecule has 0 fully saturated rings. The Balaban J connectivity index is 0.00000441. The fourth-order valence-electron chi connectivity index (χ4n) is 1.50. The highest BCUT2D eigenvalue weighted by atomic mass is 35.5. The lowest BCUT2D eigenvalue weighted by molar-refractivity contribution is -0.137. The van der Waals surface area contributed by atoms with E-state index in [-0.39, 0.29) is 30.4 Å². The van der Waals surface area contributed by atoms with Gasteiger partial charge in [-0.1, -0.05) is 13.8 Å². The first-order valence-electron chi connectivity index (χ1n) is 6.64. The van der Waals surface area contributed by atoms with Gasteiger partial charge in [-0.05, 0) is 24.6 Å². The number of rotatable bonds is 6. The van der Waals surface area contributed by atoms with Crippen LogP contribution in [0, 0.1) is 5.92 Å². The van der Waals surface area contributed by atoms with Crippen molar-refractivity contribution in [2.24, 2.45) is 11.7 Å². The molecule has 1 rings (SSSR count). The number of halogens is 4. The summed E-state index contributed by atoms with van der Waals surface area (Å²) >= 11 is 0. The Morgan fingerprint density at radius 1 is 1.41 bits per heavy atom. The monoisotopic (exact) mass is 340 g/mol. The number of hydrogen-bond donors (Lipinski definition) is 2. The molecule has 0 radical (unpaired) electrons. The van der Waals surface area contributed by atoms with Gasteiger partial charge < -0.3 is 15.8 Å². The van der Waals surface area contributed by atoms with Gasteiger partial charge in [0.2, 0.25) is 5.91 Å². The lowest BCUT2D eigenvalue weighted by Gasteiger charge is -2.16. The van der Waals surface area contributed by atoms with E-state index in [4.69, 9.17) is 10.5 Å². The van der Waals surface area contributed by atoms with Crippen molar-refractivity contribution in [3.8, 4) is 5.75 Å². The Hall–Kier alpha value is -1.47. The van der Waals surface area contributed by atoms with Crippen molar-refractivity contribution >= 4 is 24.0 Å².